The number of rotatable bonds is 2. The molecule has 1 amide bonds. The average molecular weight is 365 g/mol. The highest BCUT2D eigenvalue weighted by atomic mass is 127. The maximum Gasteiger partial charge on any atom is 0.244 e. The van der Waals surface area contributed by atoms with Crippen molar-refractivity contribution in [1.82, 2.24) is 5.32 Å². The third-order valence-corrected chi connectivity index (χ3v) is 4.03. The Balaban J connectivity index is 2.13. The minimum Gasteiger partial charge on any atom is -0.323 e. The van der Waals surface area contributed by atoms with Crippen LogP contribution in [-0.4, -0.2) is 18.0 Å². The Morgan fingerprint density at radius 1 is 1.59 bits per heavy atom. The van der Waals surface area contributed by atoms with Gasteiger partial charge in [-0.1, -0.05) is 11.6 Å². The first-order valence-electron chi connectivity index (χ1n) is 5.53. The van der Waals surface area contributed by atoms with Gasteiger partial charge in [0.2, 0.25) is 5.91 Å². The standard InChI is InChI=1S/C12H14ClIN2O/c1-12(5-2-6-15-12)11(17)16-10-4-3-8(14)7-9(10)13/h3-4,7,15H,2,5-6H2,1H3,(H,16,17). The second kappa shape index (κ2) is 5.12. The zero-order valence-electron chi connectivity index (χ0n) is 9.52. The summed E-state index contributed by atoms with van der Waals surface area (Å²) in [5, 5.41) is 6.69. The van der Waals surface area contributed by atoms with Crippen molar-refractivity contribution < 1.29 is 4.79 Å². The van der Waals surface area contributed by atoms with Crippen LogP contribution in [0.5, 0.6) is 0 Å². The third-order valence-electron chi connectivity index (χ3n) is 3.05. The summed E-state index contributed by atoms with van der Waals surface area (Å²) in [5.41, 5.74) is 0.207. The average Bonchev–Trinajstić information content (AvgIpc) is 2.71. The van der Waals surface area contributed by atoms with E-state index in [1.165, 1.54) is 0 Å². The van der Waals surface area contributed by atoms with Crippen molar-refractivity contribution >= 4 is 45.8 Å². The molecule has 1 fully saturated rings. The highest BCUT2D eigenvalue weighted by Gasteiger charge is 2.35. The first-order chi connectivity index (χ1) is 8.01. The van der Waals surface area contributed by atoms with Gasteiger partial charge in [-0.3, -0.25) is 4.79 Å². The van der Waals surface area contributed by atoms with Gasteiger partial charge in [-0.2, -0.15) is 0 Å². The Labute approximate surface area is 119 Å². The minimum absolute atomic E-state index is 0.0156. The molecule has 1 aromatic carbocycles. The van der Waals surface area contributed by atoms with Crippen LogP contribution in [0.2, 0.25) is 5.02 Å². The number of hydrogen-bond acceptors (Lipinski definition) is 2. The van der Waals surface area contributed by atoms with E-state index >= 15 is 0 Å². The van der Waals surface area contributed by atoms with Crippen molar-refractivity contribution in [2.24, 2.45) is 0 Å². The van der Waals surface area contributed by atoms with Crippen LogP contribution in [0, 0.1) is 3.57 Å². The molecule has 17 heavy (non-hydrogen) atoms. The lowest BCUT2D eigenvalue weighted by molar-refractivity contribution is -0.121. The van der Waals surface area contributed by atoms with E-state index in [1.807, 2.05) is 25.1 Å². The molecule has 1 atom stereocenters. The summed E-state index contributed by atoms with van der Waals surface area (Å²) >= 11 is 8.27. The van der Waals surface area contributed by atoms with Gasteiger partial charge in [0, 0.05) is 3.57 Å². The summed E-state index contributed by atoms with van der Waals surface area (Å²) < 4.78 is 1.05. The summed E-state index contributed by atoms with van der Waals surface area (Å²) in [6, 6.07) is 5.59. The molecule has 2 N–H and O–H groups in total. The summed E-state index contributed by atoms with van der Waals surface area (Å²) in [4.78, 5) is 12.1. The predicted octanol–water partition coefficient (Wildman–Crippen LogP) is 3.03. The normalized spacial score (nSPS) is 23.7. The number of amides is 1. The van der Waals surface area contributed by atoms with Gasteiger partial charge in [0.1, 0.15) is 0 Å². The van der Waals surface area contributed by atoms with Crippen LogP contribution in [0.4, 0.5) is 5.69 Å². The molecule has 0 radical (unpaired) electrons. The van der Waals surface area contributed by atoms with Gasteiger partial charge < -0.3 is 10.6 Å². The Hall–Kier alpha value is -0.330. The number of hydrogen-bond donors (Lipinski definition) is 2. The number of carbonyl (C=O) groups excluding carboxylic acids is 1. The van der Waals surface area contributed by atoms with E-state index in [0.29, 0.717) is 10.7 Å². The Kier molecular flexibility index (Phi) is 3.95. The van der Waals surface area contributed by atoms with E-state index in [4.69, 9.17) is 11.6 Å². The van der Waals surface area contributed by atoms with Crippen LogP contribution in [0.3, 0.4) is 0 Å². The molecule has 1 heterocycles. The molecular weight excluding hydrogens is 351 g/mol. The van der Waals surface area contributed by atoms with Crippen molar-refractivity contribution in [3.63, 3.8) is 0 Å². The van der Waals surface area contributed by atoms with Crippen LogP contribution in [0.15, 0.2) is 18.2 Å². The first-order valence-corrected chi connectivity index (χ1v) is 6.98. The molecule has 0 aliphatic carbocycles. The maximum absolute atomic E-state index is 12.1. The summed E-state index contributed by atoms with van der Waals surface area (Å²) in [5.74, 6) is -0.0156. The summed E-state index contributed by atoms with van der Waals surface area (Å²) in [6.45, 7) is 2.82. The molecule has 0 bridgehead atoms. The van der Waals surface area contributed by atoms with Gasteiger partial charge in [-0.05, 0) is 67.1 Å². The van der Waals surface area contributed by atoms with E-state index in [1.54, 1.807) is 0 Å². The zero-order chi connectivity index (χ0) is 12.5. The second-order valence-corrected chi connectivity index (χ2v) is 6.09. The fourth-order valence-corrected chi connectivity index (χ4v) is 2.84. The molecule has 0 spiro atoms. The largest absolute Gasteiger partial charge is 0.323 e. The van der Waals surface area contributed by atoms with Gasteiger partial charge in [-0.25, -0.2) is 0 Å². The Morgan fingerprint density at radius 2 is 2.35 bits per heavy atom. The van der Waals surface area contributed by atoms with E-state index in [9.17, 15) is 4.79 Å². The number of anilines is 1. The molecule has 92 valence electrons. The highest BCUT2D eigenvalue weighted by Crippen LogP contribution is 2.26. The molecule has 1 aliphatic rings. The summed E-state index contributed by atoms with van der Waals surface area (Å²) in [6.07, 6.45) is 1.89. The summed E-state index contributed by atoms with van der Waals surface area (Å²) in [7, 11) is 0. The fraction of sp³-hybridized carbons (Fsp3) is 0.417. The monoisotopic (exact) mass is 364 g/mol. The smallest absolute Gasteiger partial charge is 0.244 e. The van der Waals surface area contributed by atoms with E-state index in [-0.39, 0.29) is 5.91 Å². The molecule has 0 aromatic heterocycles. The lowest BCUT2D eigenvalue weighted by atomic mass is 9.99. The van der Waals surface area contributed by atoms with E-state index < -0.39 is 5.54 Å². The van der Waals surface area contributed by atoms with E-state index in [0.717, 1.165) is 23.0 Å². The minimum atomic E-state index is -0.466. The topological polar surface area (TPSA) is 41.1 Å². The van der Waals surface area contributed by atoms with Gasteiger partial charge >= 0.3 is 0 Å². The van der Waals surface area contributed by atoms with Crippen LogP contribution in [-0.2, 0) is 4.79 Å². The van der Waals surface area contributed by atoms with Gasteiger partial charge in [0.05, 0.1) is 16.2 Å². The van der Waals surface area contributed by atoms with Crippen molar-refractivity contribution in [3.05, 3.63) is 26.8 Å². The quantitative estimate of drug-likeness (QED) is 0.792. The Morgan fingerprint density at radius 3 is 2.94 bits per heavy atom. The molecule has 0 saturated carbocycles. The van der Waals surface area contributed by atoms with Gasteiger partial charge in [0.15, 0.2) is 0 Å². The Bertz CT molecular complexity index is 444. The molecule has 5 heteroatoms. The molecule has 3 nitrogen and oxygen atoms in total. The molecule has 2 rings (SSSR count). The van der Waals surface area contributed by atoms with Crippen molar-refractivity contribution in [2.75, 3.05) is 11.9 Å². The lowest BCUT2D eigenvalue weighted by Gasteiger charge is -2.23. The fourth-order valence-electron chi connectivity index (χ4n) is 1.94. The predicted molar refractivity (Wildman–Crippen MR) is 78.4 cm³/mol. The highest BCUT2D eigenvalue weighted by molar-refractivity contribution is 14.1. The van der Waals surface area contributed by atoms with E-state index in [2.05, 4.69) is 33.2 Å². The van der Waals surface area contributed by atoms with Crippen molar-refractivity contribution in [1.29, 1.82) is 0 Å². The zero-order valence-corrected chi connectivity index (χ0v) is 12.4. The second-order valence-electron chi connectivity index (χ2n) is 4.44. The van der Waals surface area contributed by atoms with Crippen LogP contribution < -0.4 is 10.6 Å². The van der Waals surface area contributed by atoms with Gasteiger partial charge in [0.25, 0.3) is 0 Å². The van der Waals surface area contributed by atoms with Crippen molar-refractivity contribution in [2.45, 2.75) is 25.3 Å². The molecule has 1 aromatic rings. The molecule has 1 saturated heterocycles. The van der Waals surface area contributed by atoms with Crippen LogP contribution >= 0.6 is 34.2 Å². The van der Waals surface area contributed by atoms with Crippen LogP contribution in [0.1, 0.15) is 19.8 Å². The van der Waals surface area contributed by atoms with Crippen LogP contribution in [0.25, 0.3) is 0 Å². The maximum atomic E-state index is 12.1. The van der Waals surface area contributed by atoms with Gasteiger partial charge in [-0.15, -0.1) is 0 Å². The number of nitrogens with one attached hydrogen (secondary N) is 2. The number of halogens is 2. The van der Waals surface area contributed by atoms with Crippen molar-refractivity contribution in [3.8, 4) is 0 Å². The first kappa shape index (κ1) is 13.1. The SMILES string of the molecule is CC1(C(=O)Nc2ccc(I)cc2Cl)CCCN1. The third kappa shape index (κ3) is 2.92. The number of carbonyl (C=O) groups is 1. The molecule has 1 aliphatic heterocycles. The molecule has 1 unspecified atom stereocenters. The lowest BCUT2D eigenvalue weighted by Crippen LogP contribution is -2.48. The molecular formula is C12H14ClIN2O. The number of benzene rings is 1.